The Kier molecular flexibility index (Phi) is 6.16. The molecular weight excluding hydrogens is 388 g/mol. The van der Waals surface area contributed by atoms with Crippen molar-refractivity contribution in [1.82, 2.24) is 9.80 Å². The van der Waals surface area contributed by atoms with Gasteiger partial charge in [-0.2, -0.15) is 0 Å². The summed E-state index contributed by atoms with van der Waals surface area (Å²) >= 11 is 1.59. The highest BCUT2D eigenvalue weighted by molar-refractivity contribution is 8.00. The lowest BCUT2D eigenvalue weighted by Crippen LogP contribution is -2.50. The minimum Gasteiger partial charge on any atom is -0.497 e. The Balaban J connectivity index is 1.26. The van der Waals surface area contributed by atoms with Crippen LogP contribution in [-0.2, 0) is 11.3 Å². The second-order valence-corrected chi connectivity index (χ2v) is 8.64. The lowest BCUT2D eigenvalue weighted by atomic mass is 10.1. The molecule has 0 unspecified atom stereocenters. The highest BCUT2D eigenvalue weighted by Crippen LogP contribution is 2.33. The van der Waals surface area contributed by atoms with Crippen LogP contribution in [0, 0.1) is 0 Å². The van der Waals surface area contributed by atoms with E-state index in [1.807, 2.05) is 48.2 Å². The molecule has 154 valence electrons. The molecule has 1 amide bonds. The van der Waals surface area contributed by atoms with Gasteiger partial charge in [0.1, 0.15) is 5.75 Å². The molecule has 0 aromatic heterocycles. The van der Waals surface area contributed by atoms with Gasteiger partial charge in [0.05, 0.1) is 12.4 Å². The molecule has 29 heavy (non-hydrogen) atoms. The van der Waals surface area contributed by atoms with Gasteiger partial charge < -0.3 is 19.1 Å². The summed E-state index contributed by atoms with van der Waals surface area (Å²) in [5.74, 6) is 2.66. The van der Waals surface area contributed by atoms with E-state index in [2.05, 4.69) is 11.0 Å². The van der Waals surface area contributed by atoms with Crippen LogP contribution in [0.15, 0.2) is 47.4 Å². The van der Waals surface area contributed by atoms with Crippen molar-refractivity contribution in [1.29, 1.82) is 0 Å². The largest absolute Gasteiger partial charge is 0.497 e. The van der Waals surface area contributed by atoms with E-state index >= 15 is 0 Å². The number of thioether (sulfide) groups is 1. The third kappa shape index (κ3) is 4.79. The van der Waals surface area contributed by atoms with Gasteiger partial charge in [-0.1, -0.05) is 6.07 Å². The van der Waals surface area contributed by atoms with Crippen molar-refractivity contribution < 1.29 is 19.0 Å². The predicted octanol–water partition coefficient (Wildman–Crippen LogP) is 3.25. The maximum absolute atomic E-state index is 12.8. The molecule has 2 aliphatic rings. The summed E-state index contributed by atoms with van der Waals surface area (Å²) in [6.45, 7) is 6.41. The molecule has 0 saturated carbocycles. The fraction of sp³-hybridized carbons (Fsp3) is 0.409. The Labute approximate surface area is 175 Å². The molecule has 0 bridgehead atoms. The topological polar surface area (TPSA) is 51.2 Å². The average molecular weight is 415 g/mol. The van der Waals surface area contributed by atoms with Crippen molar-refractivity contribution in [2.24, 2.45) is 0 Å². The van der Waals surface area contributed by atoms with E-state index < -0.39 is 0 Å². The number of nitrogens with zero attached hydrogens (tertiary/aromatic N) is 2. The SMILES string of the molecule is COc1ccc(S[C@@H](C)C(=O)N2CCN(Cc3ccc4c(c3)OCO4)CC2)cc1. The zero-order valence-electron chi connectivity index (χ0n) is 16.8. The molecule has 2 heterocycles. The molecule has 0 aliphatic carbocycles. The Morgan fingerprint density at radius 2 is 1.79 bits per heavy atom. The van der Waals surface area contributed by atoms with Crippen molar-refractivity contribution in [3.8, 4) is 17.2 Å². The highest BCUT2D eigenvalue weighted by atomic mass is 32.2. The number of rotatable bonds is 6. The number of piperazine rings is 1. The van der Waals surface area contributed by atoms with Crippen molar-refractivity contribution in [3.63, 3.8) is 0 Å². The van der Waals surface area contributed by atoms with E-state index in [0.717, 1.165) is 54.9 Å². The molecule has 1 saturated heterocycles. The molecule has 4 rings (SSSR count). The lowest BCUT2D eigenvalue weighted by molar-refractivity contribution is -0.132. The molecule has 6 nitrogen and oxygen atoms in total. The van der Waals surface area contributed by atoms with Crippen molar-refractivity contribution in [3.05, 3.63) is 48.0 Å². The maximum Gasteiger partial charge on any atom is 0.235 e. The van der Waals surface area contributed by atoms with E-state index in [0.29, 0.717) is 6.79 Å². The zero-order chi connectivity index (χ0) is 20.2. The molecule has 2 aliphatic heterocycles. The lowest BCUT2D eigenvalue weighted by Gasteiger charge is -2.36. The summed E-state index contributed by atoms with van der Waals surface area (Å²) in [4.78, 5) is 18.3. The Hall–Kier alpha value is -2.38. The van der Waals surface area contributed by atoms with E-state index in [-0.39, 0.29) is 11.2 Å². The number of methoxy groups -OCH3 is 1. The number of carbonyl (C=O) groups excluding carboxylic acids is 1. The van der Waals surface area contributed by atoms with Gasteiger partial charge in [-0.3, -0.25) is 9.69 Å². The van der Waals surface area contributed by atoms with E-state index in [4.69, 9.17) is 14.2 Å². The van der Waals surface area contributed by atoms with Gasteiger partial charge in [0.25, 0.3) is 0 Å². The number of amides is 1. The zero-order valence-corrected chi connectivity index (χ0v) is 17.6. The van der Waals surface area contributed by atoms with Gasteiger partial charge in [0.2, 0.25) is 12.7 Å². The molecule has 1 atom stereocenters. The fourth-order valence-electron chi connectivity index (χ4n) is 3.59. The number of hydrogen-bond acceptors (Lipinski definition) is 6. The molecule has 0 radical (unpaired) electrons. The van der Waals surface area contributed by atoms with E-state index in [1.165, 1.54) is 5.56 Å². The minimum atomic E-state index is -0.108. The molecule has 1 fully saturated rings. The van der Waals surface area contributed by atoms with E-state index in [9.17, 15) is 4.79 Å². The molecule has 2 aromatic rings. The average Bonchev–Trinajstić information content (AvgIpc) is 3.22. The summed E-state index contributed by atoms with van der Waals surface area (Å²) < 4.78 is 16.0. The van der Waals surface area contributed by atoms with Crippen LogP contribution in [0.25, 0.3) is 0 Å². The summed E-state index contributed by atoms with van der Waals surface area (Å²) in [6.07, 6.45) is 0. The predicted molar refractivity (Wildman–Crippen MR) is 113 cm³/mol. The summed E-state index contributed by atoms with van der Waals surface area (Å²) in [7, 11) is 1.65. The van der Waals surface area contributed by atoms with Crippen molar-refractivity contribution in [2.45, 2.75) is 23.6 Å². The van der Waals surface area contributed by atoms with Crippen LogP contribution in [0.3, 0.4) is 0 Å². The molecule has 2 aromatic carbocycles. The maximum atomic E-state index is 12.8. The van der Waals surface area contributed by atoms with Crippen molar-refractivity contribution >= 4 is 17.7 Å². The molecule has 0 N–H and O–H groups in total. The first-order chi connectivity index (χ1) is 14.1. The van der Waals surface area contributed by atoms with Crippen LogP contribution in [0.5, 0.6) is 17.2 Å². The summed E-state index contributed by atoms with van der Waals surface area (Å²) in [5.41, 5.74) is 1.21. The van der Waals surface area contributed by atoms with Gasteiger partial charge in [-0.15, -0.1) is 11.8 Å². The number of ether oxygens (including phenoxy) is 3. The summed E-state index contributed by atoms with van der Waals surface area (Å²) in [5, 5.41) is -0.108. The van der Waals surface area contributed by atoms with Crippen LogP contribution in [0.2, 0.25) is 0 Å². The first-order valence-electron chi connectivity index (χ1n) is 9.83. The van der Waals surface area contributed by atoms with E-state index in [1.54, 1.807) is 18.9 Å². The van der Waals surface area contributed by atoms with Crippen molar-refractivity contribution in [2.75, 3.05) is 40.1 Å². The van der Waals surface area contributed by atoms with Gasteiger partial charge in [0, 0.05) is 37.6 Å². The number of fused-ring (bicyclic) bond motifs is 1. The van der Waals surface area contributed by atoms with Crippen LogP contribution in [-0.4, -0.2) is 61.0 Å². The Morgan fingerprint density at radius 1 is 1.07 bits per heavy atom. The second kappa shape index (κ2) is 8.97. The highest BCUT2D eigenvalue weighted by Gasteiger charge is 2.26. The summed E-state index contributed by atoms with van der Waals surface area (Å²) in [6, 6.07) is 13.9. The molecular formula is C22H26N2O4S. The Bertz CT molecular complexity index is 850. The third-order valence-electron chi connectivity index (χ3n) is 5.25. The van der Waals surface area contributed by atoms with Crippen LogP contribution in [0.4, 0.5) is 0 Å². The number of carbonyl (C=O) groups is 1. The molecule has 7 heteroatoms. The van der Waals surface area contributed by atoms with Crippen LogP contribution in [0.1, 0.15) is 12.5 Å². The molecule has 0 spiro atoms. The quantitative estimate of drug-likeness (QED) is 0.677. The van der Waals surface area contributed by atoms with Crippen LogP contribution < -0.4 is 14.2 Å². The first-order valence-corrected chi connectivity index (χ1v) is 10.7. The van der Waals surface area contributed by atoms with Gasteiger partial charge >= 0.3 is 0 Å². The smallest absolute Gasteiger partial charge is 0.235 e. The van der Waals surface area contributed by atoms with Gasteiger partial charge in [0.15, 0.2) is 11.5 Å². The van der Waals surface area contributed by atoms with Gasteiger partial charge in [-0.05, 0) is 48.9 Å². The second-order valence-electron chi connectivity index (χ2n) is 7.22. The monoisotopic (exact) mass is 414 g/mol. The van der Waals surface area contributed by atoms with Gasteiger partial charge in [-0.25, -0.2) is 0 Å². The minimum absolute atomic E-state index is 0.108. The first kappa shape index (κ1) is 19.9. The third-order valence-corrected chi connectivity index (χ3v) is 6.35. The standard InChI is InChI=1S/C22H26N2O4S/c1-16(29-19-6-4-18(26-2)5-7-19)22(25)24-11-9-23(10-12-24)14-17-3-8-20-21(13-17)28-15-27-20/h3-8,13,16H,9-12,14-15H2,1-2H3/t16-/m0/s1. The normalized spacial score (nSPS) is 17.2. The van der Waals surface area contributed by atoms with Crippen LogP contribution >= 0.6 is 11.8 Å². The number of benzene rings is 2. The Morgan fingerprint density at radius 3 is 2.52 bits per heavy atom. The fourth-order valence-corrected chi connectivity index (χ4v) is 4.54. The number of hydrogen-bond donors (Lipinski definition) is 0.